The fourth-order valence-electron chi connectivity index (χ4n) is 4.69. The molecular weight excluding hydrogens is 344 g/mol. The minimum Gasteiger partial charge on any atom is -0.357 e. The molecule has 4 aromatic rings. The average molecular weight is 368 g/mol. The second-order valence-electron chi connectivity index (χ2n) is 7.89. The zero-order chi connectivity index (χ0) is 19.1. The summed E-state index contributed by atoms with van der Waals surface area (Å²) in [5.41, 5.74) is 13.9. The fourth-order valence-corrected chi connectivity index (χ4v) is 4.69. The Hall–Kier alpha value is -2.98. The highest BCUT2D eigenvalue weighted by atomic mass is 14.9. The van der Waals surface area contributed by atoms with Crippen LogP contribution in [0.5, 0.6) is 0 Å². The molecule has 1 aliphatic carbocycles. The van der Waals surface area contributed by atoms with Gasteiger partial charge in [-0.25, -0.2) is 9.97 Å². The van der Waals surface area contributed by atoms with Crippen LogP contribution in [0.25, 0.3) is 22.0 Å². The highest BCUT2D eigenvalue weighted by Gasteiger charge is 2.40. The van der Waals surface area contributed by atoms with Crippen molar-refractivity contribution in [2.24, 2.45) is 5.73 Å². The number of nitrogens with two attached hydrogens (primary N) is 1. The Bertz CT molecular complexity index is 1120. The van der Waals surface area contributed by atoms with Crippen LogP contribution >= 0.6 is 0 Å². The normalized spacial score (nSPS) is 20.1. The Morgan fingerprint density at radius 1 is 1.04 bits per heavy atom. The van der Waals surface area contributed by atoms with E-state index in [1.54, 1.807) is 6.33 Å². The molecule has 0 spiro atoms. The van der Waals surface area contributed by atoms with E-state index in [4.69, 9.17) is 5.73 Å². The molecule has 0 bridgehead atoms. The third kappa shape index (κ3) is 2.64. The maximum atomic E-state index is 7.11. The number of hydrogen-bond acceptors (Lipinski definition) is 3. The first-order valence-corrected chi connectivity index (χ1v) is 9.91. The molecule has 3 N–H and O–H groups in total. The standard InChI is InChI=1S/C24H24N4/c1-16(17-6-3-2-4-7-17)24(25)11-5-8-20-21-12-18(19-13-26-15-27-14-19)9-10-22(21)28-23(20)24/h2-4,6-7,9-10,12-16,28H,5,8,11,25H2,1H3/t16-,24?/m1/s1. The number of aromatic nitrogens is 3. The Morgan fingerprint density at radius 3 is 2.61 bits per heavy atom. The summed E-state index contributed by atoms with van der Waals surface area (Å²) in [6, 6.07) is 17.2. The van der Waals surface area contributed by atoms with Gasteiger partial charge < -0.3 is 10.7 Å². The van der Waals surface area contributed by atoms with Crippen LogP contribution in [0.15, 0.2) is 67.3 Å². The monoisotopic (exact) mass is 368 g/mol. The van der Waals surface area contributed by atoms with Gasteiger partial charge in [0.1, 0.15) is 6.33 Å². The maximum absolute atomic E-state index is 7.11. The van der Waals surface area contributed by atoms with E-state index in [0.717, 1.165) is 35.9 Å². The van der Waals surface area contributed by atoms with Gasteiger partial charge in [-0.1, -0.05) is 43.3 Å². The first-order valence-electron chi connectivity index (χ1n) is 9.91. The summed E-state index contributed by atoms with van der Waals surface area (Å²) in [7, 11) is 0. The molecule has 4 nitrogen and oxygen atoms in total. The van der Waals surface area contributed by atoms with Crippen LogP contribution in [-0.4, -0.2) is 15.0 Å². The molecule has 1 aliphatic rings. The van der Waals surface area contributed by atoms with Crippen molar-refractivity contribution in [3.63, 3.8) is 0 Å². The Kier molecular flexibility index (Phi) is 4.02. The summed E-state index contributed by atoms with van der Waals surface area (Å²) in [6.45, 7) is 2.25. The maximum Gasteiger partial charge on any atom is 0.115 e. The number of fused-ring (bicyclic) bond motifs is 3. The number of rotatable bonds is 3. The minimum absolute atomic E-state index is 0.239. The smallest absolute Gasteiger partial charge is 0.115 e. The second kappa shape index (κ2) is 6.57. The molecule has 28 heavy (non-hydrogen) atoms. The lowest BCUT2D eigenvalue weighted by molar-refractivity contribution is 0.310. The first-order chi connectivity index (χ1) is 13.7. The average Bonchev–Trinajstić information content (AvgIpc) is 3.14. The van der Waals surface area contributed by atoms with Gasteiger partial charge in [0, 0.05) is 40.5 Å². The number of nitrogens with zero attached hydrogens (tertiary/aromatic N) is 2. The lowest BCUT2D eigenvalue weighted by Gasteiger charge is -2.39. The van der Waals surface area contributed by atoms with Gasteiger partial charge in [0.05, 0.1) is 5.54 Å². The molecular formula is C24H24N4. The van der Waals surface area contributed by atoms with Gasteiger partial charge in [0.15, 0.2) is 0 Å². The number of hydrogen-bond donors (Lipinski definition) is 2. The third-order valence-corrected chi connectivity index (χ3v) is 6.35. The van der Waals surface area contributed by atoms with Crippen LogP contribution in [0.3, 0.4) is 0 Å². The molecule has 2 heterocycles. The molecule has 0 radical (unpaired) electrons. The van der Waals surface area contributed by atoms with Crippen molar-refractivity contribution in [3.8, 4) is 11.1 Å². The molecule has 0 saturated carbocycles. The molecule has 2 aromatic heterocycles. The van der Waals surface area contributed by atoms with Gasteiger partial charge in [-0.2, -0.15) is 0 Å². The molecule has 4 heteroatoms. The van der Waals surface area contributed by atoms with Crippen molar-refractivity contribution in [2.75, 3.05) is 0 Å². The summed E-state index contributed by atoms with van der Waals surface area (Å²) >= 11 is 0. The van der Waals surface area contributed by atoms with E-state index in [0.29, 0.717) is 0 Å². The Balaban J connectivity index is 1.64. The van der Waals surface area contributed by atoms with Gasteiger partial charge in [-0.15, -0.1) is 0 Å². The summed E-state index contributed by atoms with van der Waals surface area (Å²) in [5.74, 6) is 0.239. The molecule has 2 atom stereocenters. The zero-order valence-electron chi connectivity index (χ0n) is 16.0. The van der Waals surface area contributed by atoms with Crippen LogP contribution in [0.4, 0.5) is 0 Å². The highest BCUT2D eigenvalue weighted by molar-refractivity contribution is 5.89. The van der Waals surface area contributed by atoms with Crippen LogP contribution in [-0.2, 0) is 12.0 Å². The van der Waals surface area contributed by atoms with Gasteiger partial charge in [-0.3, -0.25) is 0 Å². The lowest BCUT2D eigenvalue weighted by Crippen LogP contribution is -2.44. The van der Waals surface area contributed by atoms with Crippen LogP contribution < -0.4 is 5.73 Å². The SMILES string of the molecule is C[C@H](c1ccccc1)C1(N)CCCc2c1[nH]c1ccc(-c3cncnc3)cc21. The number of H-pyrrole nitrogens is 1. The van der Waals surface area contributed by atoms with E-state index >= 15 is 0 Å². The second-order valence-corrected chi connectivity index (χ2v) is 7.89. The van der Waals surface area contributed by atoms with Gasteiger partial charge in [-0.05, 0) is 48.1 Å². The highest BCUT2D eigenvalue weighted by Crippen LogP contribution is 2.45. The molecule has 1 unspecified atom stereocenters. The largest absolute Gasteiger partial charge is 0.357 e. The number of benzene rings is 2. The Morgan fingerprint density at radius 2 is 1.82 bits per heavy atom. The molecule has 0 fully saturated rings. The summed E-state index contributed by atoms with van der Waals surface area (Å²) < 4.78 is 0. The van der Waals surface area contributed by atoms with E-state index in [1.165, 1.54) is 22.2 Å². The van der Waals surface area contributed by atoms with Gasteiger partial charge >= 0.3 is 0 Å². The van der Waals surface area contributed by atoms with E-state index in [9.17, 15) is 0 Å². The summed E-state index contributed by atoms with van der Waals surface area (Å²) in [6.07, 6.45) is 8.43. The van der Waals surface area contributed by atoms with Crippen molar-refractivity contribution >= 4 is 10.9 Å². The Labute approximate surface area is 164 Å². The van der Waals surface area contributed by atoms with Crippen molar-refractivity contribution in [3.05, 3.63) is 84.1 Å². The molecule has 0 saturated heterocycles. The predicted molar refractivity (Wildman–Crippen MR) is 113 cm³/mol. The summed E-state index contributed by atoms with van der Waals surface area (Å²) in [4.78, 5) is 12.0. The first kappa shape index (κ1) is 17.1. The van der Waals surface area contributed by atoms with Crippen molar-refractivity contribution in [1.82, 2.24) is 15.0 Å². The predicted octanol–water partition coefficient (Wildman–Crippen LogP) is 4.92. The van der Waals surface area contributed by atoms with E-state index < -0.39 is 0 Å². The topological polar surface area (TPSA) is 67.6 Å². The van der Waals surface area contributed by atoms with E-state index in [1.807, 2.05) is 12.4 Å². The van der Waals surface area contributed by atoms with E-state index in [-0.39, 0.29) is 11.5 Å². The minimum atomic E-state index is -0.385. The summed E-state index contributed by atoms with van der Waals surface area (Å²) in [5, 5.41) is 1.27. The molecule has 5 rings (SSSR count). The fraction of sp³-hybridized carbons (Fsp3) is 0.250. The molecule has 140 valence electrons. The molecule has 0 aliphatic heterocycles. The third-order valence-electron chi connectivity index (χ3n) is 6.35. The lowest BCUT2D eigenvalue weighted by atomic mass is 9.71. The van der Waals surface area contributed by atoms with Crippen LogP contribution in [0.2, 0.25) is 0 Å². The van der Waals surface area contributed by atoms with Crippen molar-refractivity contribution in [1.29, 1.82) is 0 Å². The van der Waals surface area contributed by atoms with Gasteiger partial charge in [0.2, 0.25) is 0 Å². The van der Waals surface area contributed by atoms with Crippen molar-refractivity contribution < 1.29 is 0 Å². The molecule has 0 amide bonds. The quantitative estimate of drug-likeness (QED) is 0.539. The number of nitrogens with one attached hydrogen (secondary N) is 1. The number of aryl methyl sites for hydroxylation is 1. The van der Waals surface area contributed by atoms with Crippen LogP contribution in [0, 0.1) is 0 Å². The molecule has 2 aromatic carbocycles. The van der Waals surface area contributed by atoms with E-state index in [2.05, 4.69) is 70.4 Å². The number of aromatic amines is 1. The zero-order valence-corrected chi connectivity index (χ0v) is 16.0. The van der Waals surface area contributed by atoms with Crippen LogP contribution in [0.1, 0.15) is 42.5 Å². The van der Waals surface area contributed by atoms with Crippen molar-refractivity contribution in [2.45, 2.75) is 37.6 Å². The van der Waals surface area contributed by atoms with Gasteiger partial charge in [0.25, 0.3) is 0 Å².